The van der Waals surface area contributed by atoms with Crippen LogP contribution in [0.2, 0.25) is 0 Å². The molecule has 1 aromatic carbocycles. The third-order valence-corrected chi connectivity index (χ3v) is 2.71. The molecule has 0 amide bonds. The first kappa shape index (κ1) is 12.2. The highest BCUT2D eigenvalue weighted by molar-refractivity contribution is 9.10. The van der Waals surface area contributed by atoms with Crippen molar-refractivity contribution < 1.29 is 14.8 Å². The van der Waals surface area contributed by atoms with Gasteiger partial charge >= 0.3 is 11.7 Å². The average Bonchev–Trinajstić information content (AvgIpc) is 2.78. The van der Waals surface area contributed by atoms with Crippen molar-refractivity contribution in [3.8, 4) is 5.69 Å². The van der Waals surface area contributed by atoms with Crippen molar-refractivity contribution in [1.82, 2.24) is 9.78 Å². The van der Waals surface area contributed by atoms with E-state index in [0.717, 1.165) is 17.1 Å². The molecule has 92 valence electrons. The summed E-state index contributed by atoms with van der Waals surface area (Å²) in [5.74, 6) is -1.13. The lowest BCUT2D eigenvalue weighted by molar-refractivity contribution is -0.384. The summed E-state index contributed by atoms with van der Waals surface area (Å²) < 4.78 is 1.76. The Balaban J connectivity index is 2.55. The van der Waals surface area contributed by atoms with Gasteiger partial charge in [0.25, 0.3) is 0 Å². The molecular weight excluding hydrogens is 306 g/mol. The van der Waals surface area contributed by atoms with Crippen LogP contribution in [0.15, 0.2) is 35.1 Å². The summed E-state index contributed by atoms with van der Waals surface area (Å²) in [5.41, 5.74) is 0.0652. The van der Waals surface area contributed by atoms with Gasteiger partial charge in [-0.3, -0.25) is 10.1 Å². The molecule has 1 heterocycles. The van der Waals surface area contributed by atoms with Crippen molar-refractivity contribution in [3.05, 3.63) is 50.7 Å². The van der Waals surface area contributed by atoms with E-state index in [4.69, 9.17) is 5.11 Å². The Hall–Kier alpha value is -2.22. The van der Waals surface area contributed by atoms with Gasteiger partial charge in [0.05, 0.1) is 16.2 Å². The number of rotatable bonds is 3. The molecule has 2 rings (SSSR count). The molecule has 0 bridgehead atoms. The van der Waals surface area contributed by atoms with E-state index in [0.29, 0.717) is 4.47 Å². The van der Waals surface area contributed by atoms with E-state index in [1.165, 1.54) is 12.1 Å². The largest absolute Gasteiger partial charge is 0.478 e. The lowest BCUT2D eigenvalue weighted by Gasteiger charge is -2.05. The van der Waals surface area contributed by atoms with Gasteiger partial charge in [-0.1, -0.05) is 15.9 Å². The summed E-state index contributed by atoms with van der Waals surface area (Å²) in [6, 6.07) is 4.56. The molecular formula is C10H6BrN3O4. The van der Waals surface area contributed by atoms with Crippen molar-refractivity contribution in [2.45, 2.75) is 0 Å². The Morgan fingerprint density at radius 2 is 2.22 bits per heavy atom. The SMILES string of the molecule is O=C(O)c1cc(Br)ccc1-n1cc([N+](=O)[O-])cn1. The van der Waals surface area contributed by atoms with Gasteiger partial charge in [-0.2, -0.15) is 5.10 Å². The van der Waals surface area contributed by atoms with Gasteiger partial charge in [-0.05, 0) is 18.2 Å². The molecule has 0 fully saturated rings. The van der Waals surface area contributed by atoms with Gasteiger partial charge in [-0.15, -0.1) is 0 Å². The van der Waals surface area contributed by atoms with E-state index in [1.54, 1.807) is 6.07 Å². The van der Waals surface area contributed by atoms with Crippen LogP contribution in [0.4, 0.5) is 5.69 Å². The number of carboxylic acid groups (broad SMARTS) is 1. The van der Waals surface area contributed by atoms with Crippen LogP contribution in [0.5, 0.6) is 0 Å². The van der Waals surface area contributed by atoms with Crippen LogP contribution in [-0.4, -0.2) is 25.8 Å². The predicted molar refractivity (Wildman–Crippen MR) is 64.9 cm³/mol. The highest BCUT2D eigenvalue weighted by Crippen LogP contribution is 2.21. The zero-order valence-corrected chi connectivity index (χ0v) is 10.4. The molecule has 7 nitrogen and oxygen atoms in total. The number of halogens is 1. The Bertz CT molecular complexity index is 638. The van der Waals surface area contributed by atoms with E-state index < -0.39 is 10.9 Å². The van der Waals surface area contributed by atoms with Crippen molar-refractivity contribution in [3.63, 3.8) is 0 Å². The van der Waals surface area contributed by atoms with Gasteiger partial charge in [0.2, 0.25) is 0 Å². The number of nitro groups is 1. The van der Waals surface area contributed by atoms with Crippen LogP contribution in [0.1, 0.15) is 10.4 Å². The highest BCUT2D eigenvalue weighted by atomic mass is 79.9. The van der Waals surface area contributed by atoms with Crippen molar-refractivity contribution in [1.29, 1.82) is 0 Å². The van der Waals surface area contributed by atoms with Crippen LogP contribution in [0.25, 0.3) is 5.69 Å². The average molecular weight is 312 g/mol. The Labute approximate surface area is 109 Å². The minimum absolute atomic E-state index is 0.00220. The van der Waals surface area contributed by atoms with Crippen LogP contribution in [0, 0.1) is 10.1 Å². The minimum Gasteiger partial charge on any atom is -0.478 e. The third-order valence-electron chi connectivity index (χ3n) is 2.22. The second-order valence-electron chi connectivity index (χ2n) is 3.37. The lowest BCUT2D eigenvalue weighted by Crippen LogP contribution is -2.05. The van der Waals surface area contributed by atoms with E-state index in [9.17, 15) is 14.9 Å². The second-order valence-corrected chi connectivity index (χ2v) is 4.28. The predicted octanol–water partition coefficient (Wildman–Crippen LogP) is 2.24. The third kappa shape index (κ3) is 2.23. The molecule has 0 unspecified atom stereocenters. The lowest BCUT2D eigenvalue weighted by atomic mass is 10.2. The van der Waals surface area contributed by atoms with Crippen LogP contribution < -0.4 is 0 Å². The van der Waals surface area contributed by atoms with E-state index in [-0.39, 0.29) is 16.9 Å². The number of hydrogen-bond acceptors (Lipinski definition) is 4. The molecule has 0 aliphatic rings. The summed E-state index contributed by atoms with van der Waals surface area (Å²) in [6.45, 7) is 0. The topological polar surface area (TPSA) is 98.3 Å². The molecule has 8 heteroatoms. The molecule has 0 saturated heterocycles. The van der Waals surface area contributed by atoms with Crippen LogP contribution in [-0.2, 0) is 0 Å². The van der Waals surface area contributed by atoms with Gasteiger partial charge in [0.15, 0.2) is 0 Å². The van der Waals surface area contributed by atoms with Gasteiger partial charge in [0, 0.05) is 4.47 Å². The molecule has 18 heavy (non-hydrogen) atoms. The fourth-order valence-corrected chi connectivity index (χ4v) is 1.78. The van der Waals surface area contributed by atoms with E-state index in [2.05, 4.69) is 21.0 Å². The first-order valence-electron chi connectivity index (χ1n) is 4.71. The maximum atomic E-state index is 11.1. The molecule has 0 aliphatic heterocycles. The molecule has 1 aromatic heterocycles. The van der Waals surface area contributed by atoms with Crippen molar-refractivity contribution in [2.75, 3.05) is 0 Å². The van der Waals surface area contributed by atoms with Gasteiger partial charge in [-0.25, -0.2) is 9.48 Å². The van der Waals surface area contributed by atoms with Gasteiger partial charge in [0.1, 0.15) is 12.4 Å². The maximum absolute atomic E-state index is 11.1. The Morgan fingerprint density at radius 1 is 1.50 bits per heavy atom. The van der Waals surface area contributed by atoms with Crippen molar-refractivity contribution in [2.24, 2.45) is 0 Å². The molecule has 2 aromatic rings. The molecule has 0 radical (unpaired) electrons. The quantitative estimate of drug-likeness (QED) is 0.692. The smallest absolute Gasteiger partial charge is 0.337 e. The molecule has 0 atom stereocenters. The number of benzene rings is 1. The minimum atomic E-state index is -1.13. The van der Waals surface area contributed by atoms with Crippen LogP contribution in [0.3, 0.4) is 0 Å². The first-order valence-corrected chi connectivity index (χ1v) is 5.50. The summed E-state index contributed by atoms with van der Waals surface area (Å²) in [6.07, 6.45) is 2.23. The summed E-state index contributed by atoms with van der Waals surface area (Å²) in [4.78, 5) is 21.0. The molecule has 0 saturated carbocycles. The number of aromatic carboxylic acids is 1. The zero-order valence-electron chi connectivity index (χ0n) is 8.78. The monoisotopic (exact) mass is 311 g/mol. The number of aromatic nitrogens is 2. The highest BCUT2D eigenvalue weighted by Gasteiger charge is 2.16. The second kappa shape index (κ2) is 4.57. The molecule has 1 N–H and O–H groups in total. The summed E-state index contributed by atoms with van der Waals surface area (Å²) in [5, 5.41) is 23.4. The standard InChI is InChI=1S/C10H6BrN3O4/c11-6-1-2-9(8(3-6)10(15)16)13-5-7(4-12-13)14(17)18/h1-5H,(H,15,16). The number of carbonyl (C=O) groups is 1. The normalized spacial score (nSPS) is 10.3. The molecule has 0 spiro atoms. The number of hydrogen-bond donors (Lipinski definition) is 1. The first-order chi connectivity index (χ1) is 8.49. The van der Waals surface area contributed by atoms with Crippen molar-refractivity contribution >= 4 is 27.6 Å². The number of carboxylic acids is 1. The molecule has 0 aliphatic carbocycles. The maximum Gasteiger partial charge on any atom is 0.337 e. The van der Waals surface area contributed by atoms with E-state index in [1.807, 2.05) is 0 Å². The number of nitrogens with zero attached hydrogens (tertiary/aromatic N) is 3. The van der Waals surface area contributed by atoms with Crippen LogP contribution >= 0.6 is 15.9 Å². The summed E-state index contributed by atoms with van der Waals surface area (Å²) >= 11 is 3.16. The summed E-state index contributed by atoms with van der Waals surface area (Å²) in [7, 11) is 0. The zero-order chi connectivity index (χ0) is 13.3. The fourth-order valence-electron chi connectivity index (χ4n) is 1.42. The Kier molecular flexibility index (Phi) is 3.11. The van der Waals surface area contributed by atoms with Gasteiger partial charge < -0.3 is 5.11 Å². The van der Waals surface area contributed by atoms with E-state index >= 15 is 0 Å². The fraction of sp³-hybridized carbons (Fsp3) is 0. The Morgan fingerprint density at radius 3 is 2.78 bits per heavy atom.